The lowest BCUT2D eigenvalue weighted by molar-refractivity contribution is 0.216. The Kier molecular flexibility index (Phi) is 5.48. The highest BCUT2D eigenvalue weighted by Gasteiger charge is 2.25. The van der Waals surface area contributed by atoms with Crippen molar-refractivity contribution in [3.05, 3.63) is 24.0 Å². The second-order valence-corrected chi connectivity index (χ2v) is 8.63. The molecule has 0 aromatic heterocycles. The number of aliphatic hydroxyl groups is 1. The Morgan fingerprint density at radius 3 is 2.29 bits per heavy atom. The maximum atomic E-state index is 13.7. The van der Waals surface area contributed by atoms with Gasteiger partial charge in [0.05, 0.1) is 4.90 Å². The molecule has 0 bridgehead atoms. The first-order valence-corrected chi connectivity index (χ1v) is 9.49. The normalized spacial score (nSPS) is 15.7. The molecule has 2 atom stereocenters. The van der Waals surface area contributed by atoms with Crippen LogP contribution in [0.15, 0.2) is 28.0 Å². The SMILES string of the molecule is CC(CO)C(C)NS(=O)(=O)c1cc(S(C)(=O)=O)ccc1F. The van der Waals surface area contributed by atoms with Crippen LogP contribution in [-0.4, -0.2) is 40.8 Å². The predicted molar refractivity (Wildman–Crippen MR) is 75.5 cm³/mol. The number of halogens is 1. The first-order valence-electron chi connectivity index (χ1n) is 6.12. The van der Waals surface area contributed by atoms with E-state index in [0.717, 1.165) is 24.5 Å². The molecule has 1 aromatic carbocycles. The molecule has 1 aromatic rings. The summed E-state index contributed by atoms with van der Waals surface area (Å²) in [5.74, 6) is -1.42. The first-order chi connectivity index (χ1) is 9.49. The van der Waals surface area contributed by atoms with Gasteiger partial charge in [0.15, 0.2) is 9.84 Å². The summed E-state index contributed by atoms with van der Waals surface area (Å²) < 4.78 is 63.1. The van der Waals surface area contributed by atoms with E-state index in [1.807, 2.05) is 0 Å². The van der Waals surface area contributed by atoms with E-state index in [9.17, 15) is 21.2 Å². The van der Waals surface area contributed by atoms with Gasteiger partial charge in [-0.05, 0) is 31.0 Å². The van der Waals surface area contributed by atoms with Crippen molar-refractivity contribution in [1.82, 2.24) is 4.72 Å². The van der Waals surface area contributed by atoms with E-state index in [-0.39, 0.29) is 17.4 Å². The fourth-order valence-corrected chi connectivity index (χ4v) is 3.68. The average Bonchev–Trinajstić information content (AvgIpc) is 2.35. The second-order valence-electron chi connectivity index (χ2n) is 4.93. The van der Waals surface area contributed by atoms with Crippen LogP contribution < -0.4 is 4.72 Å². The highest BCUT2D eigenvalue weighted by atomic mass is 32.2. The summed E-state index contributed by atoms with van der Waals surface area (Å²) >= 11 is 0. The number of hydrogen-bond donors (Lipinski definition) is 2. The van der Waals surface area contributed by atoms with E-state index in [1.165, 1.54) is 6.92 Å². The van der Waals surface area contributed by atoms with Gasteiger partial charge in [0, 0.05) is 18.9 Å². The van der Waals surface area contributed by atoms with E-state index >= 15 is 0 Å². The number of sulfonamides is 1. The summed E-state index contributed by atoms with van der Waals surface area (Å²) in [4.78, 5) is -1.02. The molecule has 0 heterocycles. The summed E-state index contributed by atoms with van der Waals surface area (Å²) in [6, 6.07) is 1.94. The molecule has 2 unspecified atom stereocenters. The van der Waals surface area contributed by atoms with Crippen LogP contribution in [0.4, 0.5) is 4.39 Å². The second kappa shape index (κ2) is 6.39. The average molecular weight is 339 g/mol. The third-order valence-electron chi connectivity index (χ3n) is 3.10. The molecule has 9 heteroatoms. The number of sulfone groups is 1. The lowest BCUT2D eigenvalue weighted by atomic mass is 10.1. The topological polar surface area (TPSA) is 101 Å². The van der Waals surface area contributed by atoms with Gasteiger partial charge in [-0.25, -0.2) is 25.9 Å². The zero-order valence-corrected chi connectivity index (χ0v) is 13.5. The van der Waals surface area contributed by atoms with Crippen LogP contribution >= 0.6 is 0 Å². The van der Waals surface area contributed by atoms with Crippen molar-refractivity contribution in [1.29, 1.82) is 0 Å². The zero-order chi connectivity index (χ0) is 16.4. The standard InChI is InChI=1S/C12H18FNO5S2/c1-8(7-15)9(2)14-21(18,19)12-6-10(20(3,16)17)4-5-11(12)13/h4-6,8-9,14-15H,7H2,1-3H3. The number of benzene rings is 1. The van der Waals surface area contributed by atoms with E-state index in [1.54, 1.807) is 6.92 Å². The number of hydrogen-bond acceptors (Lipinski definition) is 5. The van der Waals surface area contributed by atoms with E-state index in [2.05, 4.69) is 4.72 Å². The summed E-state index contributed by atoms with van der Waals surface area (Å²) in [7, 11) is -7.88. The molecule has 0 saturated carbocycles. The molecular formula is C12H18FNO5S2. The maximum Gasteiger partial charge on any atom is 0.243 e. The molecule has 0 aliphatic heterocycles. The molecule has 0 radical (unpaired) electrons. The summed E-state index contributed by atoms with van der Waals surface area (Å²) in [6.45, 7) is 2.91. The van der Waals surface area contributed by atoms with Crippen molar-refractivity contribution in [2.75, 3.05) is 12.9 Å². The van der Waals surface area contributed by atoms with E-state index in [4.69, 9.17) is 5.11 Å². The van der Waals surface area contributed by atoms with Crippen LogP contribution in [0.3, 0.4) is 0 Å². The van der Waals surface area contributed by atoms with Gasteiger partial charge < -0.3 is 5.11 Å². The van der Waals surface area contributed by atoms with Gasteiger partial charge in [-0.1, -0.05) is 6.92 Å². The molecule has 0 saturated heterocycles. The van der Waals surface area contributed by atoms with Crippen LogP contribution in [0, 0.1) is 11.7 Å². The number of nitrogens with one attached hydrogen (secondary N) is 1. The van der Waals surface area contributed by atoms with Crippen molar-refractivity contribution in [3.8, 4) is 0 Å². The molecule has 1 rings (SSSR count). The molecule has 0 amide bonds. The van der Waals surface area contributed by atoms with Crippen LogP contribution in [-0.2, 0) is 19.9 Å². The highest BCUT2D eigenvalue weighted by molar-refractivity contribution is 7.91. The van der Waals surface area contributed by atoms with Crippen molar-refractivity contribution in [3.63, 3.8) is 0 Å². The fraction of sp³-hybridized carbons (Fsp3) is 0.500. The molecule has 6 nitrogen and oxygen atoms in total. The number of aliphatic hydroxyl groups excluding tert-OH is 1. The Labute approximate surface area is 124 Å². The molecule has 0 spiro atoms. The van der Waals surface area contributed by atoms with Gasteiger partial charge in [-0.3, -0.25) is 0 Å². The summed E-state index contributed by atoms with van der Waals surface area (Å²) in [5.41, 5.74) is 0. The van der Waals surface area contributed by atoms with Gasteiger partial charge in [0.2, 0.25) is 10.0 Å². The smallest absolute Gasteiger partial charge is 0.243 e. The predicted octanol–water partition coefficient (Wildman–Crippen LogP) is 0.524. The third kappa shape index (κ3) is 4.47. The zero-order valence-electron chi connectivity index (χ0n) is 11.9. The summed E-state index contributed by atoms with van der Waals surface area (Å²) in [6.07, 6.45) is 0.903. The van der Waals surface area contributed by atoms with Crippen molar-refractivity contribution in [2.45, 2.75) is 29.7 Å². The van der Waals surface area contributed by atoms with Crippen molar-refractivity contribution < 1.29 is 26.3 Å². The van der Waals surface area contributed by atoms with Crippen LogP contribution in [0.1, 0.15) is 13.8 Å². The van der Waals surface area contributed by atoms with E-state index in [0.29, 0.717) is 0 Å². The van der Waals surface area contributed by atoms with Crippen LogP contribution in [0.25, 0.3) is 0 Å². The molecule has 120 valence electrons. The van der Waals surface area contributed by atoms with Gasteiger partial charge in [-0.15, -0.1) is 0 Å². The lowest BCUT2D eigenvalue weighted by Crippen LogP contribution is -2.38. The minimum atomic E-state index is -4.23. The van der Waals surface area contributed by atoms with Crippen LogP contribution in [0.5, 0.6) is 0 Å². The Balaban J connectivity index is 3.26. The number of rotatable bonds is 6. The largest absolute Gasteiger partial charge is 0.396 e. The summed E-state index contributed by atoms with van der Waals surface area (Å²) in [5, 5.41) is 8.99. The molecular weight excluding hydrogens is 321 g/mol. The Morgan fingerprint density at radius 1 is 1.24 bits per heavy atom. The molecule has 21 heavy (non-hydrogen) atoms. The van der Waals surface area contributed by atoms with Gasteiger partial charge in [0.25, 0.3) is 0 Å². The molecule has 0 aliphatic carbocycles. The Bertz CT molecular complexity index is 715. The Morgan fingerprint density at radius 2 is 1.81 bits per heavy atom. The molecule has 0 fully saturated rings. The minimum absolute atomic E-state index is 0.241. The van der Waals surface area contributed by atoms with Gasteiger partial charge >= 0.3 is 0 Å². The molecule has 0 aliphatic rings. The molecule has 2 N–H and O–H groups in total. The monoisotopic (exact) mass is 339 g/mol. The lowest BCUT2D eigenvalue weighted by Gasteiger charge is -2.19. The first kappa shape index (κ1) is 18.0. The maximum absolute atomic E-state index is 13.7. The van der Waals surface area contributed by atoms with Crippen LogP contribution in [0.2, 0.25) is 0 Å². The van der Waals surface area contributed by atoms with Crippen molar-refractivity contribution in [2.24, 2.45) is 5.92 Å². The minimum Gasteiger partial charge on any atom is -0.396 e. The van der Waals surface area contributed by atoms with Gasteiger partial charge in [-0.2, -0.15) is 0 Å². The van der Waals surface area contributed by atoms with Gasteiger partial charge in [0.1, 0.15) is 10.7 Å². The highest BCUT2D eigenvalue weighted by Crippen LogP contribution is 2.20. The van der Waals surface area contributed by atoms with E-state index < -0.39 is 36.6 Å². The van der Waals surface area contributed by atoms with Crippen molar-refractivity contribution >= 4 is 19.9 Å². The third-order valence-corrected chi connectivity index (χ3v) is 5.79. The Hall–Kier alpha value is -1.03. The quantitative estimate of drug-likeness (QED) is 0.736. The fourth-order valence-electron chi connectivity index (χ4n) is 1.50.